The highest BCUT2D eigenvalue weighted by atomic mass is 16.3. The summed E-state index contributed by atoms with van der Waals surface area (Å²) in [6.45, 7) is 12.0. The second kappa shape index (κ2) is 6.28. The van der Waals surface area contributed by atoms with Crippen molar-refractivity contribution < 1.29 is 5.11 Å². The fourth-order valence-corrected chi connectivity index (χ4v) is 3.40. The van der Waals surface area contributed by atoms with E-state index in [0.29, 0.717) is 5.92 Å². The standard InChI is InChI=1S/C18H29NO/c1-14(2)13-19-7-5-18(20,6-8-19)12-17-10-15(3)9-16(4)11-17/h9-11,14,20H,5-8,12-13H2,1-4H3. The maximum Gasteiger partial charge on any atom is 0.0712 e. The molecule has 0 aliphatic carbocycles. The van der Waals surface area contributed by atoms with Gasteiger partial charge >= 0.3 is 0 Å². The number of piperidine rings is 1. The number of aliphatic hydroxyl groups is 1. The van der Waals surface area contributed by atoms with E-state index in [2.05, 4.69) is 50.8 Å². The van der Waals surface area contributed by atoms with Crippen molar-refractivity contribution in [1.82, 2.24) is 4.90 Å². The van der Waals surface area contributed by atoms with E-state index in [0.717, 1.165) is 38.9 Å². The van der Waals surface area contributed by atoms with Gasteiger partial charge in [0.1, 0.15) is 0 Å². The zero-order chi connectivity index (χ0) is 14.8. The molecule has 2 rings (SSSR count). The average Bonchev–Trinajstić information content (AvgIpc) is 2.30. The zero-order valence-electron chi connectivity index (χ0n) is 13.4. The molecule has 1 heterocycles. The number of likely N-dealkylation sites (tertiary alicyclic amines) is 1. The second-order valence-electron chi connectivity index (χ2n) is 7.09. The van der Waals surface area contributed by atoms with Gasteiger partial charge in [-0.1, -0.05) is 43.2 Å². The zero-order valence-corrected chi connectivity index (χ0v) is 13.4. The van der Waals surface area contributed by atoms with Crippen LogP contribution in [0.5, 0.6) is 0 Å². The monoisotopic (exact) mass is 275 g/mol. The third kappa shape index (κ3) is 4.32. The van der Waals surface area contributed by atoms with Gasteiger partial charge in [0.15, 0.2) is 0 Å². The highest BCUT2D eigenvalue weighted by molar-refractivity contribution is 5.29. The molecule has 0 unspecified atom stereocenters. The van der Waals surface area contributed by atoms with E-state index in [-0.39, 0.29) is 0 Å². The van der Waals surface area contributed by atoms with Crippen LogP contribution in [0.1, 0.15) is 43.4 Å². The van der Waals surface area contributed by atoms with Gasteiger partial charge in [0.05, 0.1) is 5.60 Å². The molecule has 112 valence electrons. The minimum atomic E-state index is -0.506. The van der Waals surface area contributed by atoms with E-state index in [1.54, 1.807) is 0 Å². The summed E-state index contributed by atoms with van der Waals surface area (Å²) >= 11 is 0. The maximum absolute atomic E-state index is 10.8. The molecule has 0 saturated carbocycles. The molecule has 0 radical (unpaired) electrons. The minimum Gasteiger partial charge on any atom is -0.389 e. The van der Waals surface area contributed by atoms with Crippen LogP contribution in [0.4, 0.5) is 0 Å². The van der Waals surface area contributed by atoms with Crippen molar-refractivity contribution in [1.29, 1.82) is 0 Å². The number of benzene rings is 1. The summed E-state index contributed by atoms with van der Waals surface area (Å²) in [5.74, 6) is 0.709. The Balaban J connectivity index is 1.96. The summed E-state index contributed by atoms with van der Waals surface area (Å²) in [5.41, 5.74) is 3.36. The Kier molecular flexibility index (Phi) is 4.87. The van der Waals surface area contributed by atoms with Gasteiger partial charge in [0.2, 0.25) is 0 Å². The van der Waals surface area contributed by atoms with Gasteiger partial charge in [-0.15, -0.1) is 0 Å². The van der Waals surface area contributed by atoms with Gasteiger partial charge in [-0.05, 0) is 38.2 Å². The molecule has 1 aliphatic heterocycles. The summed E-state index contributed by atoms with van der Waals surface area (Å²) < 4.78 is 0. The van der Waals surface area contributed by atoms with E-state index >= 15 is 0 Å². The molecule has 1 fully saturated rings. The molecule has 2 heteroatoms. The summed E-state index contributed by atoms with van der Waals surface area (Å²) in [5, 5.41) is 10.8. The molecule has 1 saturated heterocycles. The topological polar surface area (TPSA) is 23.5 Å². The molecule has 2 nitrogen and oxygen atoms in total. The van der Waals surface area contributed by atoms with Crippen LogP contribution in [0.3, 0.4) is 0 Å². The van der Waals surface area contributed by atoms with Crippen LogP contribution >= 0.6 is 0 Å². The molecule has 1 aromatic carbocycles. The fourth-order valence-electron chi connectivity index (χ4n) is 3.40. The number of aryl methyl sites for hydroxylation is 2. The Hall–Kier alpha value is -0.860. The summed E-state index contributed by atoms with van der Waals surface area (Å²) in [4.78, 5) is 2.49. The lowest BCUT2D eigenvalue weighted by Crippen LogP contribution is -2.46. The van der Waals surface area contributed by atoms with E-state index < -0.39 is 5.60 Å². The molecule has 1 N–H and O–H groups in total. The Bertz CT molecular complexity index is 424. The lowest BCUT2D eigenvalue weighted by molar-refractivity contribution is -0.0227. The first kappa shape index (κ1) is 15.5. The minimum absolute atomic E-state index is 0.506. The first-order valence-corrected chi connectivity index (χ1v) is 7.88. The van der Waals surface area contributed by atoms with Gasteiger partial charge in [-0.25, -0.2) is 0 Å². The third-order valence-corrected chi connectivity index (χ3v) is 4.22. The first-order valence-electron chi connectivity index (χ1n) is 7.88. The van der Waals surface area contributed by atoms with Crippen LogP contribution in [-0.2, 0) is 6.42 Å². The van der Waals surface area contributed by atoms with E-state index in [1.807, 2.05) is 0 Å². The molecule has 0 amide bonds. The van der Waals surface area contributed by atoms with Crippen LogP contribution < -0.4 is 0 Å². The first-order chi connectivity index (χ1) is 9.36. The summed E-state index contributed by atoms with van der Waals surface area (Å²) in [6.07, 6.45) is 2.59. The predicted molar refractivity (Wildman–Crippen MR) is 85.1 cm³/mol. The lowest BCUT2D eigenvalue weighted by Gasteiger charge is -2.39. The Labute approximate surface area is 123 Å². The Morgan fingerprint density at radius 2 is 1.65 bits per heavy atom. The van der Waals surface area contributed by atoms with Crippen molar-refractivity contribution in [3.05, 3.63) is 34.9 Å². The van der Waals surface area contributed by atoms with E-state index in [9.17, 15) is 5.11 Å². The van der Waals surface area contributed by atoms with Crippen molar-refractivity contribution >= 4 is 0 Å². The molecule has 0 aromatic heterocycles. The Morgan fingerprint density at radius 1 is 1.10 bits per heavy atom. The maximum atomic E-state index is 10.8. The molecule has 0 spiro atoms. The highest BCUT2D eigenvalue weighted by Crippen LogP contribution is 2.27. The Morgan fingerprint density at radius 3 is 2.15 bits per heavy atom. The van der Waals surface area contributed by atoms with Crippen LogP contribution in [-0.4, -0.2) is 35.2 Å². The summed E-state index contributed by atoms with van der Waals surface area (Å²) in [6, 6.07) is 6.62. The van der Waals surface area contributed by atoms with E-state index in [1.165, 1.54) is 16.7 Å². The molecule has 1 aromatic rings. The molecule has 1 aliphatic rings. The highest BCUT2D eigenvalue weighted by Gasteiger charge is 2.32. The van der Waals surface area contributed by atoms with Crippen molar-refractivity contribution in [2.45, 2.75) is 52.6 Å². The van der Waals surface area contributed by atoms with Crippen LogP contribution in [0.25, 0.3) is 0 Å². The number of nitrogens with zero attached hydrogens (tertiary/aromatic N) is 1. The second-order valence-corrected chi connectivity index (χ2v) is 7.09. The molecule has 0 bridgehead atoms. The molecule has 0 atom stereocenters. The van der Waals surface area contributed by atoms with Crippen molar-refractivity contribution in [2.75, 3.05) is 19.6 Å². The number of hydrogen-bond acceptors (Lipinski definition) is 2. The fraction of sp³-hybridized carbons (Fsp3) is 0.667. The van der Waals surface area contributed by atoms with Crippen molar-refractivity contribution in [3.8, 4) is 0 Å². The van der Waals surface area contributed by atoms with E-state index in [4.69, 9.17) is 0 Å². The van der Waals surface area contributed by atoms with Crippen LogP contribution in [0, 0.1) is 19.8 Å². The number of rotatable bonds is 4. The molecular formula is C18H29NO. The lowest BCUT2D eigenvalue weighted by atomic mass is 9.84. The van der Waals surface area contributed by atoms with Gasteiger partial charge in [-0.2, -0.15) is 0 Å². The van der Waals surface area contributed by atoms with Crippen molar-refractivity contribution in [3.63, 3.8) is 0 Å². The normalized spacial score (nSPS) is 19.5. The van der Waals surface area contributed by atoms with Crippen molar-refractivity contribution in [2.24, 2.45) is 5.92 Å². The smallest absolute Gasteiger partial charge is 0.0712 e. The van der Waals surface area contributed by atoms with Gasteiger partial charge in [-0.3, -0.25) is 0 Å². The third-order valence-electron chi connectivity index (χ3n) is 4.22. The van der Waals surface area contributed by atoms with Crippen LogP contribution in [0.15, 0.2) is 18.2 Å². The van der Waals surface area contributed by atoms with Gasteiger partial charge in [0, 0.05) is 26.1 Å². The van der Waals surface area contributed by atoms with Crippen LogP contribution in [0.2, 0.25) is 0 Å². The number of hydrogen-bond donors (Lipinski definition) is 1. The molecule has 20 heavy (non-hydrogen) atoms. The predicted octanol–water partition coefficient (Wildman–Crippen LogP) is 3.33. The quantitative estimate of drug-likeness (QED) is 0.911. The van der Waals surface area contributed by atoms with Gasteiger partial charge in [0.25, 0.3) is 0 Å². The summed E-state index contributed by atoms with van der Waals surface area (Å²) in [7, 11) is 0. The van der Waals surface area contributed by atoms with Gasteiger partial charge < -0.3 is 10.0 Å². The molecular weight excluding hydrogens is 246 g/mol. The average molecular weight is 275 g/mol. The SMILES string of the molecule is Cc1cc(C)cc(CC2(O)CCN(CC(C)C)CC2)c1. The largest absolute Gasteiger partial charge is 0.389 e.